The van der Waals surface area contributed by atoms with Crippen LogP contribution in [0.5, 0.6) is 5.75 Å². The first-order chi connectivity index (χ1) is 27.4. The SMILES string of the molecule is CCc1c(N2CCN(C(=O)c3ncnc(N4CCC(=NOC)CC4)c3O)CC2)c(=O)n2nc(C3=CCOCC3)nc2n1CC(=O)Nc1ccc(C(F)(F)F)cc1Cl. The Morgan fingerprint density at radius 1 is 1.07 bits per heavy atom. The molecule has 302 valence electrons. The quantitative estimate of drug-likeness (QED) is 0.235. The van der Waals surface area contributed by atoms with Crippen molar-refractivity contribution in [1.29, 1.82) is 0 Å². The van der Waals surface area contributed by atoms with Crippen LogP contribution < -0.4 is 20.7 Å². The molecule has 1 aromatic carbocycles. The Morgan fingerprint density at radius 2 is 1.82 bits per heavy atom. The second-order valence-electron chi connectivity index (χ2n) is 13.5. The summed E-state index contributed by atoms with van der Waals surface area (Å²) in [5.41, 5.74) is 0.764. The fourth-order valence-electron chi connectivity index (χ4n) is 7.16. The third-order valence-electron chi connectivity index (χ3n) is 10.0. The highest BCUT2D eigenvalue weighted by Gasteiger charge is 2.33. The van der Waals surface area contributed by atoms with Gasteiger partial charge < -0.3 is 39.3 Å². The summed E-state index contributed by atoms with van der Waals surface area (Å²) in [6.45, 7) is 4.01. The van der Waals surface area contributed by atoms with Gasteiger partial charge in [0.1, 0.15) is 25.7 Å². The highest BCUT2D eigenvalue weighted by atomic mass is 35.5. The lowest BCUT2D eigenvalue weighted by atomic mass is 10.1. The lowest BCUT2D eigenvalue weighted by Gasteiger charge is -2.37. The molecule has 57 heavy (non-hydrogen) atoms. The van der Waals surface area contributed by atoms with Crippen LogP contribution in [0.1, 0.15) is 53.8 Å². The Hall–Kier alpha value is -5.76. The second kappa shape index (κ2) is 16.4. The number of oxime groups is 1. The van der Waals surface area contributed by atoms with E-state index in [1.165, 1.54) is 18.3 Å². The number of carbonyl (C=O) groups is 2. The summed E-state index contributed by atoms with van der Waals surface area (Å²) in [6, 6.07) is 2.63. The third kappa shape index (κ3) is 8.09. The van der Waals surface area contributed by atoms with E-state index in [9.17, 15) is 32.7 Å². The first-order valence-corrected chi connectivity index (χ1v) is 18.6. The molecule has 0 unspecified atom stereocenters. The van der Waals surface area contributed by atoms with Crippen LogP contribution in [0, 0.1) is 0 Å². The zero-order valence-electron chi connectivity index (χ0n) is 31.1. The summed E-state index contributed by atoms with van der Waals surface area (Å²) < 4.78 is 47.9. The van der Waals surface area contributed by atoms with E-state index in [4.69, 9.17) is 21.2 Å². The van der Waals surface area contributed by atoms with Gasteiger partial charge in [-0.3, -0.25) is 14.4 Å². The summed E-state index contributed by atoms with van der Waals surface area (Å²) in [6.07, 6.45) is 0.445. The number of anilines is 3. The lowest BCUT2D eigenvalue weighted by Crippen LogP contribution is -2.51. The molecule has 3 aliphatic heterocycles. The van der Waals surface area contributed by atoms with Crippen LogP contribution in [-0.2, 0) is 33.5 Å². The molecule has 2 saturated heterocycles. The van der Waals surface area contributed by atoms with Crippen LogP contribution in [0.3, 0.4) is 0 Å². The van der Waals surface area contributed by atoms with Crippen molar-refractivity contribution in [2.45, 2.75) is 45.3 Å². The number of alkyl halides is 3. The average molecular weight is 814 g/mol. The van der Waals surface area contributed by atoms with Gasteiger partial charge in [0.05, 0.1) is 40.9 Å². The van der Waals surface area contributed by atoms with Gasteiger partial charge in [-0.2, -0.15) is 22.7 Å². The number of amides is 2. The molecule has 3 aliphatic rings. The van der Waals surface area contributed by atoms with E-state index in [1.807, 2.05) is 22.8 Å². The molecule has 0 saturated carbocycles. The van der Waals surface area contributed by atoms with Gasteiger partial charge in [0.2, 0.25) is 11.7 Å². The number of piperazine rings is 1. The van der Waals surface area contributed by atoms with Gasteiger partial charge in [0, 0.05) is 52.1 Å². The maximum absolute atomic E-state index is 14.3. The van der Waals surface area contributed by atoms with Gasteiger partial charge in [-0.15, -0.1) is 5.10 Å². The fourth-order valence-corrected chi connectivity index (χ4v) is 7.39. The van der Waals surface area contributed by atoms with Crippen LogP contribution in [0.2, 0.25) is 5.02 Å². The number of piperidine rings is 1. The minimum Gasteiger partial charge on any atom is -0.503 e. The Morgan fingerprint density at radius 3 is 2.47 bits per heavy atom. The molecule has 0 bridgehead atoms. The number of aromatic hydroxyl groups is 1. The van der Waals surface area contributed by atoms with Gasteiger partial charge in [-0.25, -0.2) is 9.97 Å². The summed E-state index contributed by atoms with van der Waals surface area (Å²) >= 11 is 6.14. The third-order valence-corrected chi connectivity index (χ3v) is 10.3. The fraction of sp³-hybridized carbons (Fsp3) is 0.444. The number of fused-ring (bicyclic) bond motifs is 1. The van der Waals surface area contributed by atoms with Crippen LogP contribution in [0.15, 0.2) is 40.6 Å². The molecule has 4 aromatic rings. The molecule has 0 aliphatic carbocycles. The highest BCUT2D eigenvalue weighted by Crippen LogP contribution is 2.34. The molecule has 0 atom stereocenters. The van der Waals surface area contributed by atoms with Gasteiger partial charge in [-0.05, 0) is 36.6 Å². The topological polar surface area (TPSA) is 185 Å². The Balaban J connectivity index is 1.16. The first-order valence-electron chi connectivity index (χ1n) is 18.3. The molecule has 2 N–H and O–H groups in total. The minimum atomic E-state index is -4.62. The van der Waals surface area contributed by atoms with Crippen molar-refractivity contribution >= 4 is 57.7 Å². The van der Waals surface area contributed by atoms with Gasteiger partial charge in [0.25, 0.3) is 11.5 Å². The van der Waals surface area contributed by atoms with Gasteiger partial charge >= 0.3 is 6.18 Å². The van der Waals surface area contributed by atoms with Crippen molar-refractivity contribution in [2.75, 3.05) is 74.7 Å². The number of benzene rings is 1. The Bertz CT molecular complexity index is 2310. The van der Waals surface area contributed by atoms with Gasteiger partial charge in [-0.1, -0.05) is 29.8 Å². The molecule has 3 aromatic heterocycles. The number of hydrogen-bond donors (Lipinski definition) is 2. The standard InChI is InChI=1S/C36H39ClF3N11O6/c1-3-26-29(47-12-14-49(15-13-47)33(54)28-30(53)32(42-20-41-28)48-10-6-23(7-11-48)46-56-2)34(55)51-35(44-31(45-51)21-8-16-57-17-9-21)50(26)19-27(52)43-25-5-4-22(18-24(25)37)36(38,39)40/h4-5,8,18,20,53H,3,6-7,9-17,19H2,1-2H3,(H,43,52). The van der Waals surface area contributed by atoms with E-state index in [0.717, 1.165) is 34.0 Å². The van der Waals surface area contributed by atoms with E-state index >= 15 is 0 Å². The molecular formula is C36H39ClF3N11O6. The average Bonchev–Trinajstić information content (AvgIpc) is 3.66. The van der Waals surface area contributed by atoms with Crippen molar-refractivity contribution in [3.8, 4) is 5.75 Å². The Kier molecular flexibility index (Phi) is 11.3. The normalized spacial score (nSPS) is 16.5. The van der Waals surface area contributed by atoms with E-state index in [2.05, 4.69) is 30.5 Å². The highest BCUT2D eigenvalue weighted by molar-refractivity contribution is 6.33. The van der Waals surface area contributed by atoms with Crippen molar-refractivity contribution in [1.82, 2.24) is 34.0 Å². The summed E-state index contributed by atoms with van der Waals surface area (Å²) in [7, 11) is 1.49. The molecule has 17 nitrogen and oxygen atoms in total. The Labute approximate surface area is 328 Å². The van der Waals surface area contributed by atoms with Crippen LogP contribution in [0.25, 0.3) is 11.4 Å². The predicted octanol–water partition coefficient (Wildman–Crippen LogP) is 3.63. The number of nitrogens with one attached hydrogen (secondary N) is 1. The first kappa shape index (κ1) is 39.5. The van der Waals surface area contributed by atoms with Crippen molar-refractivity contribution < 1.29 is 37.4 Å². The maximum atomic E-state index is 14.3. The van der Waals surface area contributed by atoms with E-state index in [0.29, 0.717) is 57.1 Å². The molecule has 0 radical (unpaired) electrons. The number of nitrogens with zero attached hydrogens (tertiary/aromatic N) is 10. The van der Waals surface area contributed by atoms with Crippen LogP contribution >= 0.6 is 11.6 Å². The summed E-state index contributed by atoms with van der Waals surface area (Å²) in [4.78, 5) is 64.8. The smallest absolute Gasteiger partial charge is 0.416 e. The summed E-state index contributed by atoms with van der Waals surface area (Å²) in [5.74, 6) is -0.819. The van der Waals surface area contributed by atoms with E-state index in [-0.39, 0.29) is 78.6 Å². The predicted molar refractivity (Wildman–Crippen MR) is 203 cm³/mol. The molecule has 7 rings (SSSR count). The number of hydrogen-bond acceptors (Lipinski definition) is 13. The second-order valence-corrected chi connectivity index (χ2v) is 13.9. The monoisotopic (exact) mass is 813 g/mol. The van der Waals surface area contributed by atoms with Crippen molar-refractivity contribution in [3.05, 3.63) is 68.8 Å². The zero-order chi connectivity index (χ0) is 40.4. The van der Waals surface area contributed by atoms with Crippen molar-refractivity contribution in [3.63, 3.8) is 0 Å². The molecule has 2 amide bonds. The minimum absolute atomic E-state index is 0.0243. The lowest BCUT2D eigenvalue weighted by molar-refractivity contribution is -0.137. The molecular weight excluding hydrogens is 775 g/mol. The molecule has 6 heterocycles. The maximum Gasteiger partial charge on any atom is 0.416 e. The number of ether oxygens (including phenoxy) is 1. The van der Waals surface area contributed by atoms with E-state index in [1.54, 1.807) is 4.57 Å². The number of aromatic nitrogens is 6. The molecule has 0 spiro atoms. The van der Waals surface area contributed by atoms with Crippen molar-refractivity contribution in [2.24, 2.45) is 5.16 Å². The van der Waals surface area contributed by atoms with Crippen LogP contribution in [-0.4, -0.2) is 116 Å². The number of halogens is 4. The molecule has 2 fully saturated rings. The van der Waals surface area contributed by atoms with Gasteiger partial charge in [0.15, 0.2) is 23.1 Å². The largest absolute Gasteiger partial charge is 0.503 e. The number of carbonyl (C=O) groups excluding carboxylic acids is 2. The molecule has 21 heteroatoms. The summed E-state index contributed by atoms with van der Waals surface area (Å²) in [5, 5.41) is 22.0. The number of rotatable bonds is 9. The van der Waals surface area contributed by atoms with E-state index < -0.39 is 29.1 Å². The zero-order valence-corrected chi connectivity index (χ0v) is 31.8. The van der Waals surface area contributed by atoms with Crippen LogP contribution in [0.4, 0.5) is 30.4 Å².